The maximum Gasteiger partial charge on any atom is 0.150 e. The molecule has 4 heteroatoms. The molecule has 0 saturated heterocycles. The fourth-order valence-electron chi connectivity index (χ4n) is 2.41. The fraction of sp³-hybridized carbons (Fsp3) is 0.500. The van der Waals surface area contributed by atoms with Gasteiger partial charge in [-0.15, -0.1) is 11.3 Å². The van der Waals surface area contributed by atoms with Crippen molar-refractivity contribution in [2.45, 2.75) is 56.7 Å². The lowest BCUT2D eigenvalue weighted by atomic mass is 9.78. The molecule has 0 aliphatic heterocycles. The van der Waals surface area contributed by atoms with Crippen LogP contribution >= 0.6 is 23.1 Å². The predicted octanol–water partition coefficient (Wildman–Crippen LogP) is 5.83. The molecule has 2 nitrogen and oxygen atoms in total. The van der Waals surface area contributed by atoms with Crippen LogP contribution in [0.2, 0.25) is 0 Å². The fourth-order valence-corrected chi connectivity index (χ4v) is 3.68. The van der Waals surface area contributed by atoms with E-state index in [1.54, 1.807) is 23.1 Å². The minimum absolute atomic E-state index is 0.113. The van der Waals surface area contributed by atoms with Crippen molar-refractivity contribution >= 4 is 23.1 Å². The van der Waals surface area contributed by atoms with Crippen molar-refractivity contribution in [1.29, 1.82) is 0 Å². The zero-order chi connectivity index (χ0) is 16.7. The normalized spacial score (nSPS) is 12.7. The SMILES string of the molecule is CSc1nc(-c2cc(C(C)(C)C)c(O)c(C(C)(C)C)c2)cs1. The maximum atomic E-state index is 10.8. The van der Waals surface area contributed by atoms with Gasteiger partial charge in [-0.2, -0.15) is 0 Å². The Kier molecular flexibility index (Phi) is 4.65. The van der Waals surface area contributed by atoms with Gasteiger partial charge < -0.3 is 5.11 Å². The topological polar surface area (TPSA) is 33.1 Å². The molecule has 0 unspecified atom stereocenters. The minimum Gasteiger partial charge on any atom is -0.507 e. The third kappa shape index (κ3) is 3.49. The van der Waals surface area contributed by atoms with Crippen molar-refractivity contribution in [2.24, 2.45) is 0 Å². The number of aromatic nitrogens is 1. The highest BCUT2D eigenvalue weighted by atomic mass is 32.2. The Morgan fingerprint density at radius 3 is 1.86 bits per heavy atom. The first-order valence-electron chi connectivity index (χ1n) is 7.42. The summed E-state index contributed by atoms with van der Waals surface area (Å²) in [6.45, 7) is 12.8. The highest BCUT2D eigenvalue weighted by molar-refractivity contribution is 8.00. The number of phenols is 1. The third-order valence-corrected chi connectivity index (χ3v) is 5.54. The molecular formula is C18H25NOS2. The van der Waals surface area contributed by atoms with Crippen LogP contribution in [0.1, 0.15) is 52.7 Å². The van der Waals surface area contributed by atoms with E-state index in [-0.39, 0.29) is 10.8 Å². The summed E-state index contributed by atoms with van der Waals surface area (Å²) in [5.74, 6) is 0.420. The van der Waals surface area contributed by atoms with E-state index in [1.165, 1.54) is 0 Å². The van der Waals surface area contributed by atoms with E-state index >= 15 is 0 Å². The third-order valence-electron chi connectivity index (χ3n) is 3.68. The molecule has 120 valence electrons. The molecule has 1 aromatic carbocycles. The molecule has 22 heavy (non-hydrogen) atoms. The van der Waals surface area contributed by atoms with Gasteiger partial charge in [0.1, 0.15) is 10.1 Å². The molecule has 0 atom stereocenters. The summed E-state index contributed by atoms with van der Waals surface area (Å²) in [7, 11) is 0. The van der Waals surface area contributed by atoms with Crippen molar-refractivity contribution in [3.05, 3.63) is 28.6 Å². The van der Waals surface area contributed by atoms with Crippen molar-refractivity contribution < 1.29 is 5.11 Å². The lowest BCUT2D eigenvalue weighted by Gasteiger charge is -2.28. The van der Waals surface area contributed by atoms with Crippen LogP contribution in [0.3, 0.4) is 0 Å². The number of rotatable bonds is 2. The molecule has 0 aliphatic rings. The number of phenolic OH excluding ortho intramolecular Hbond substituents is 1. The summed E-state index contributed by atoms with van der Waals surface area (Å²) in [4.78, 5) is 4.67. The number of benzene rings is 1. The Bertz CT molecular complexity index is 640. The average molecular weight is 336 g/mol. The summed E-state index contributed by atoms with van der Waals surface area (Å²) in [6, 6.07) is 4.17. The zero-order valence-electron chi connectivity index (χ0n) is 14.4. The molecule has 0 fully saturated rings. The summed E-state index contributed by atoms with van der Waals surface area (Å²) < 4.78 is 1.07. The van der Waals surface area contributed by atoms with Gasteiger partial charge in [0.05, 0.1) is 5.69 Å². The molecule has 0 saturated carbocycles. The standard InChI is InChI=1S/C18H25NOS2/c1-17(2,3)12-8-11(14-10-22-16(19-14)21-7)9-13(15(12)20)18(4,5)6/h8-10,20H,1-7H3. The number of hydrogen-bond acceptors (Lipinski definition) is 4. The molecule has 1 heterocycles. The molecule has 0 radical (unpaired) electrons. The lowest BCUT2D eigenvalue weighted by Crippen LogP contribution is -2.17. The Morgan fingerprint density at radius 1 is 1.00 bits per heavy atom. The smallest absolute Gasteiger partial charge is 0.150 e. The van der Waals surface area contributed by atoms with Crippen LogP contribution in [0.5, 0.6) is 5.75 Å². The van der Waals surface area contributed by atoms with E-state index in [4.69, 9.17) is 0 Å². The van der Waals surface area contributed by atoms with E-state index in [0.29, 0.717) is 5.75 Å². The van der Waals surface area contributed by atoms with Gasteiger partial charge in [0.25, 0.3) is 0 Å². The zero-order valence-corrected chi connectivity index (χ0v) is 16.1. The summed E-state index contributed by atoms with van der Waals surface area (Å²) >= 11 is 3.33. The number of thioether (sulfide) groups is 1. The van der Waals surface area contributed by atoms with Gasteiger partial charge >= 0.3 is 0 Å². The molecule has 0 bridgehead atoms. The maximum absolute atomic E-state index is 10.8. The Labute approximate surface area is 142 Å². The molecule has 2 aromatic rings. The number of aromatic hydroxyl groups is 1. The van der Waals surface area contributed by atoms with E-state index in [2.05, 4.69) is 64.0 Å². The monoisotopic (exact) mass is 335 g/mol. The van der Waals surface area contributed by atoms with Crippen LogP contribution in [-0.4, -0.2) is 16.3 Å². The van der Waals surface area contributed by atoms with Crippen LogP contribution in [0, 0.1) is 0 Å². The Hall–Kier alpha value is -1.00. The predicted molar refractivity (Wildman–Crippen MR) is 98.4 cm³/mol. The van der Waals surface area contributed by atoms with Crippen LogP contribution in [0.15, 0.2) is 21.9 Å². The Balaban J connectivity index is 2.70. The summed E-state index contributed by atoms with van der Waals surface area (Å²) in [6.07, 6.45) is 2.04. The van der Waals surface area contributed by atoms with E-state index in [0.717, 1.165) is 26.7 Å². The summed E-state index contributed by atoms with van der Waals surface area (Å²) in [5.41, 5.74) is 3.81. The van der Waals surface area contributed by atoms with Crippen molar-refractivity contribution in [2.75, 3.05) is 6.26 Å². The quantitative estimate of drug-likeness (QED) is 0.701. The van der Waals surface area contributed by atoms with Crippen LogP contribution in [-0.2, 0) is 10.8 Å². The van der Waals surface area contributed by atoms with Crippen LogP contribution in [0.25, 0.3) is 11.3 Å². The summed E-state index contributed by atoms with van der Waals surface area (Å²) in [5, 5.41) is 12.9. The van der Waals surface area contributed by atoms with Gasteiger partial charge in [-0.1, -0.05) is 53.3 Å². The largest absolute Gasteiger partial charge is 0.507 e. The van der Waals surface area contributed by atoms with Gasteiger partial charge in [-0.05, 0) is 29.2 Å². The molecule has 0 aliphatic carbocycles. The number of hydrogen-bond donors (Lipinski definition) is 1. The second-order valence-electron chi connectivity index (χ2n) is 7.62. The second kappa shape index (κ2) is 5.89. The van der Waals surface area contributed by atoms with Crippen LogP contribution in [0.4, 0.5) is 0 Å². The molecular weight excluding hydrogens is 310 g/mol. The van der Waals surface area contributed by atoms with Gasteiger partial charge in [-0.25, -0.2) is 4.98 Å². The van der Waals surface area contributed by atoms with Gasteiger partial charge in [0.2, 0.25) is 0 Å². The van der Waals surface area contributed by atoms with Gasteiger partial charge in [0.15, 0.2) is 0 Å². The van der Waals surface area contributed by atoms with Crippen molar-refractivity contribution in [3.8, 4) is 17.0 Å². The molecule has 0 amide bonds. The lowest BCUT2D eigenvalue weighted by molar-refractivity contribution is 0.423. The Morgan fingerprint density at radius 2 is 1.50 bits per heavy atom. The first kappa shape index (κ1) is 17.4. The van der Waals surface area contributed by atoms with E-state index in [1.807, 2.05) is 6.26 Å². The molecule has 1 aromatic heterocycles. The molecule has 1 N–H and O–H groups in total. The second-order valence-corrected chi connectivity index (χ2v) is 9.53. The van der Waals surface area contributed by atoms with Crippen LogP contribution < -0.4 is 0 Å². The highest BCUT2D eigenvalue weighted by Crippen LogP contribution is 2.42. The van der Waals surface area contributed by atoms with Crippen molar-refractivity contribution in [3.63, 3.8) is 0 Å². The highest BCUT2D eigenvalue weighted by Gasteiger charge is 2.27. The van der Waals surface area contributed by atoms with Gasteiger partial charge in [-0.3, -0.25) is 0 Å². The molecule has 0 spiro atoms. The van der Waals surface area contributed by atoms with Crippen molar-refractivity contribution in [1.82, 2.24) is 4.98 Å². The first-order chi connectivity index (χ1) is 10.0. The average Bonchev–Trinajstić information content (AvgIpc) is 2.85. The van der Waals surface area contributed by atoms with Gasteiger partial charge in [0, 0.05) is 22.1 Å². The first-order valence-corrected chi connectivity index (χ1v) is 9.52. The minimum atomic E-state index is -0.113. The number of thiazole rings is 1. The molecule has 2 rings (SSSR count). The van der Waals surface area contributed by atoms with E-state index < -0.39 is 0 Å². The number of nitrogens with zero attached hydrogens (tertiary/aromatic N) is 1. The van der Waals surface area contributed by atoms with E-state index in [9.17, 15) is 5.11 Å².